The van der Waals surface area contributed by atoms with Crippen LogP contribution < -0.4 is 5.32 Å². The van der Waals surface area contributed by atoms with Gasteiger partial charge in [0.25, 0.3) is 0 Å². The predicted molar refractivity (Wildman–Crippen MR) is 73.2 cm³/mol. The molecule has 3 unspecified atom stereocenters. The van der Waals surface area contributed by atoms with Crippen molar-refractivity contribution in [3.8, 4) is 0 Å². The Hall–Kier alpha value is -0.860. The molecule has 0 radical (unpaired) electrons. The maximum absolute atomic E-state index is 3.59. The monoisotopic (exact) mass is 232 g/mol. The first-order chi connectivity index (χ1) is 8.08. The number of aryl methyl sites for hydroxylation is 1. The molecule has 3 atom stereocenters. The Morgan fingerprint density at radius 1 is 1.18 bits per heavy atom. The molecule has 1 aromatic rings. The largest absolute Gasteiger partial charge is 0.309 e. The van der Waals surface area contributed by atoms with E-state index in [1.807, 2.05) is 0 Å². The van der Waals surface area contributed by atoms with E-state index in [4.69, 9.17) is 0 Å². The summed E-state index contributed by atoms with van der Waals surface area (Å²) in [6, 6.07) is 10.4. The predicted octanol–water partition coefficient (Wildman–Crippen LogP) is 2.74. The van der Waals surface area contributed by atoms with E-state index in [0.717, 1.165) is 13.1 Å². The van der Waals surface area contributed by atoms with Crippen LogP contribution in [0.5, 0.6) is 0 Å². The van der Waals surface area contributed by atoms with E-state index in [0.29, 0.717) is 18.1 Å². The Bertz CT molecular complexity index is 365. The minimum atomic E-state index is 0.517. The lowest BCUT2D eigenvalue weighted by Gasteiger charge is -2.40. The zero-order valence-corrected chi connectivity index (χ0v) is 11.4. The number of hydrogen-bond donors (Lipinski definition) is 1. The van der Waals surface area contributed by atoms with Crippen LogP contribution in [0, 0.1) is 6.92 Å². The van der Waals surface area contributed by atoms with Crippen molar-refractivity contribution in [1.82, 2.24) is 10.2 Å². The minimum Gasteiger partial charge on any atom is -0.309 e. The van der Waals surface area contributed by atoms with Gasteiger partial charge in [-0.15, -0.1) is 0 Å². The van der Waals surface area contributed by atoms with Gasteiger partial charge < -0.3 is 5.32 Å². The smallest absolute Gasteiger partial charge is 0.0323 e. The van der Waals surface area contributed by atoms with Gasteiger partial charge in [0.05, 0.1) is 0 Å². The van der Waals surface area contributed by atoms with Gasteiger partial charge in [-0.25, -0.2) is 0 Å². The van der Waals surface area contributed by atoms with Crippen LogP contribution in [0.4, 0.5) is 0 Å². The molecule has 17 heavy (non-hydrogen) atoms. The van der Waals surface area contributed by atoms with Gasteiger partial charge in [-0.05, 0) is 38.8 Å². The van der Waals surface area contributed by atoms with E-state index >= 15 is 0 Å². The summed E-state index contributed by atoms with van der Waals surface area (Å²) in [5, 5.41) is 3.59. The van der Waals surface area contributed by atoms with Crippen LogP contribution >= 0.6 is 0 Å². The van der Waals surface area contributed by atoms with Crippen molar-refractivity contribution >= 4 is 0 Å². The topological polar surface area (TPSA) is 15.3 Å². The molecule has 2 heteroatoms. The number of benzene rings is 1. The summed E-state index contributed by atoms with van der Waals surface area (Å²) in [5.74, 6) is 0. The summed E-state index contributed by atoms with van der Waals surface area (Å²) in [6.45, 7) is 11.4. The number of piperazine rings is 1. The second kappa shape index (κ2) is 5.19. The third kappa shape index (κ3) is 2.88. The van der Waals surface area contributed by atoms with Crippen molar-refractivity contribution in [1.29, 1.82) is 0 Å². The van der Waals surface area contributed by atoms with Crippen LogP contribution in [0.2, 0.25) is 0 Å². The average Bonchev–Trinajstić information content (AvgIpc) is 2.27. The molecule has 0 saturated carbocycles. The fraction of sp³-hybridized carbons (Fsp3) is 0.600. The Balaban J connectivity index is 2.14. The summed E-state index contributed by atoms with van der Waals surface area (Å²) < 4.78 is 0. The third-order valence-corrected chi connectivity index (χ3v) is 3.77. The summed E-state index contributed by atoms with van der Waals surface area (Å²) in [5.41, 5.74) is 2.87. The van der Waals surface area contributed by atoms with Gasteiger partial charge >= 0.3 is 0 Å². The summed E-state index contributed by atoms with van der Waals surface area (Å²) >= 11 is 0. The zero-order chi connectivity index (χ0) is 12.4. The molecule has 0 bridgehead atoms. The maximum atomic E-state index is 3.59. The SMILES string of the molecule is Cc1ccccc1C(C)N1CC(C)NC(C)C1. The normalized spacial score (nSPS) is 28.0. The van der Waals surface area contributed by atoms with E-state index in [2.05, 4.69) is 62.2 Å². The van der Waals surface area contributed by atoms with E-state index < -0.39 is 0 Å². The van der Waals surface area contributed by atoms with Gasteiger partial charge in [-0.2, -0.15) is 0 Å². The lowest BCUT2D eigenvalue weighted by Crippen LogP contribution is -2.54. The third-order valence-electron chi connectivity index (χ3n) is 3.77. The molecular weight excluding hydrogens is 208 g/mol. The quantitative estimate of drug-likeness (QED) is 0.843. The van der Waals surface area contributed by atoms with Crippen LogP contribution in [0.25, 0.3) is 0 Å². The lowest BCUT2D eigenvalue weighted by molar-refractivity contribution is 0.131. The van der Waals surface area contributed by atoms with Crippen molar-refractivity contribution in [2.24, 2.45) is 0 Å². The molecule has 1 fully saturated rings. The highest BCUT2D eigenvalue weighted by atomic mass is 15.2. The van der Waals surface area contributed by atoms with Gasteiger partial charge in [0.2, 0.25) is 0 Å². The van der Waals surface area contributed by atoms with Crippen LogP contribution in [0.15, 0.2) is 24.3 Å². The molecule has 0 aliphatic carbocycles. The van der Waals surface area contributed by atoms with E-state index in [-0.39, 0.29) is 0 Å². The molecule has 1 aromatic carbocycles. The van der Waals surface area contributed by atoms with Gasteiger partial charge in [0.1, 0.15) is 0 Å². The second-order valence-corrected chi connectivity index (χ2v) is 5.46. The minimum absolute atomic E-state index is 0.517. The molecule has 2 nitrogen and oxygen atoms in total. The Morgan fingerprint density at radius 2 is 1.76 bits per heavy atom. The average molecular weight is 232 g/mol. The highest BCUT2D eigenvalue weighted by molar-refractivity contribution is 5.28. The Kier molecular flexibility index (Phi) is 3.85. The Morgan fingerprint density at radius 3 is 2.35 bits per heavy atom. The van der Waals surface area contributed by atoms with Gasteiger partial charge in [-0.1, -0.05) is 24.3 Å². The Labute approximate surface area is 105 Å². The van der Waals surface area contributed by atoms with Crippen molar-refractivity contribution < 1.29 is 0 Å². The van der Waals surface area contributed by atoms with Gasteiger partial charge in [0, 0.05) is 31.2 Å². The summed E-state index contributed by atoms with van der Waals surface area (Å²) in [7, 11) is 0. The number of rotatable bonds is 2. The zero-order valence-electron chi connectivity index (χ0n) is 11.4. The molecule has 1 N–H and O–H groups in total. The van der Waals surface area contributed by atoms with Crippen LogP contribution in [-0.4, -0.2) is 30.1 Å². The molecular formula is C15H24N2. The van der Waals surface area contributed by atoms with Crippen molar-refractivity contribution in [2.75, 3.05) is 13.1 Å². The summed E-state index contributed by atoms with van der Waals surface area (Å²) in [4.78, 5) is 2.59. The van der Waals surface area contributed by atoms with Crippen LogP contribution in [0.3, 0.4) is 0 Å². The molecule has 0 spiro atoms. The van der Waals surface area contributed by atoms with Gasteiger partial charge in [0.15, 0.2) is 0 Å². The standard InChI is InChI=1S/C15H24N2/c1-11-7-5-6-8-15(11)14(4)17-9-12(2)16-13(3)10-17/h5-8,12-14,16H,9-10H2,1-4H3. The summed E-state index contributed by atoms with van der Waals surface area (Å²) in [6.07, 6.45) is 0. The molecule has 2 rings (SSSR count). The maximum Gasteiger partial charge on any atom is 0.0323 e. The molecule has 1 aliphatic rings. The van der Waals surface area contributed by atoms with Crippen molar-refractivity contribution in [2.45, 2.75) is 45.8 Å². The van der Waals surface area contributed by atoms with E-state index in [9.17, 15) is 0 Å². The highest BCUT2D eigenvalue weighted by Gasteiger charge is 2.25. The first kappa shape index (κ1) is 12.6. The number of hydrogen-bond acceptors (Lipinski definition) is 2. The number of nitrogens with zero attached hydrogens (tertiary/aromatic N) is 1. The molecule has 1 saturated heterocycles. The fourth-order valence-electron chi connectivity index (χ4n) is 2.94. The van der Waals surface area contributed by atoms with E-state index in [1.54, 1.807) is 0 Å². The van der Waals surface area contributed by atoms with Crippen molar-refractivity contribution in [3.63, 3.8) is 0 Å². The van der Waals surface area contributed by atoms with Crippen LogP contribution in [0.1, 0.15) is 37.9 Å². The molecule has 1 heterocycles. The molecule has 1 aliphatic heterocycles. The molecule has 0 aromatic heterocycles. The molecule has 94 valence electrons. The first-order valence-electron chi connectivity index (χ1n) is 6.63. The second-order valence-electron chi connectivity index (χ2n) is 5.46. The molecule has 0 amide bonds. The van der Waals surface area contributed by atoms with E-state index in [1.165, 1.54) is 11.1 Å². The van der Waals surface area contributed by atoms with Gasteiger partial charge in [-0.3, -0.25) is 4.90 Å². The fourth-order valence-corrected chi connectivity index (χ4v) is 2.94. The highest BCUT2D eigenvalue weighted by Crippen LogP contribution is 2.24. The van der Waals surface area contributed by atoms with Crippen LogP contribution in [-0.2, 0) is 0 Å². The number of nitrogens with one attached hydrogen (secondary N) is 1. The first-order valence-corrected chi connectivity index (χ1v) is 6.63. The van der Waals surface area contributed by atoms with Crippen molar-refractivity contribution in [3.05, 3.63) is 35.4 Å². The lowest BCUT2D eigenvalue weighted by atomic mass is 9.99.